The fraction of sp³-hybridized carbons (Fsp3) is 0.143. The molecule has 0 heterocycles. The largest absolute Gasteiger partial charge is 0.573 e. The maximum atomic E-state index is 13.6. The smallest absolute Gasteiger partial charge is 0.485 e. The predicted molar refractivity (Wildman–Crippen MR) is 71.6 cm³/mol. The van der Waals surface area contributed by atoms with Crippen LogP contribution in [0.1, 0.15) is 5.56 Å². The summed E-state index contributed by atoms with van der Waals surface area (Å²) in [4.78, 5) is 0. The summed E-state index contributed by atoms with van der Waals surface area (Å²) in [5.74, 6) is -1.10. The maximum Gasteiger partial charge on any atom is 0.573 e. The second-order valence-corrected chi connectivity index (χ2v) is 4.93. The van der Waals surface area contributed by atoms with Gasteiger partial charge in [0.1, 0.15) is 12.4 Å². The van der Waals surface area contributed by atoms with E-state index in [0.717, 1.165) is 6.07 Å². The van der Waals surface area contributed by atoms with Gasteiger partial charge in [0.2, 0.25) is 0 Å². The van der Waals surface area contributed by atoms with E-state index in [9.17, 15) is 17.6 Å². The molecule has 7 heteroatoms. The first-order chi connectivity index (χ1) is 9.85. The number of benzene rings is 2. The zero-order valence-corrected chi connectivity index (χ0v) is 12.0. The Labute approximate surface area is 126 Å². The molecule has 0 unspecified atom stereocenters. The van der Waals surface area contributed by atoms with E-state index >= 15 is 0 Å². The molecule has 2 nitrogen and oxygen atoms in total. The monoisotopic (exact) mass is 364 g/mol. The Morgan fingerprint density at radius 2 is 1.67 bits per heavy atom. The molecule has 0 bridgehead atoms. The Bertz CT molecular complexity index is 629. The molecular formula is C14H9BrF4O2. The van der Waals surface area contributed by atoms with Crippen molar-refractivity contribution in [1.82, 2.24) is 0 Å². The van der Waals surface area contributed by atoms with E-state index in [2.05, 4.69) is 20.7 Å². The fourth-order valence-corrected chi connectivity index (χ4v) is 1.91. The van der Waals surface area contributed by atoms with Gasteiger partial charge in [-0.25, -0.2) is 4.39 Å². The second-order valence-electron chi connectivity index (χ2n) is 4.02. The van der Waals surface area contributed by atoms with Gasteiger partial charge in [-0.2, -0.15) is 0 Å². The minimum atomic E-state index is -4.82. The molecular weight excluding hydrogens is 356 g/mol. The lowest BCUT2D eigenvalue weighted by Crippen LogP contribution is -2.17. The minimum absolute atomic E-state index is 0.114. The van der Waals surface area contributed by atoms with Gasteiger partial charge < -0.3 is 9.47 Å². The van der Waals surface area contributed by atoms with E-state index in [1.54, 1.807) is 6.07 Å². The average molecular weight is 365 g/mol. The summed E-state index contributed by atoms with van der Waals surface area (Å²) >= 11 is 3.11. The lowest BCUT2D eigenvalue weighted by atomic mass is 10.2. The molecule has 0 atom stereocenters. The average Bonchev–Trinajstić information content (AvgIpc) is 2.37. The molecule has 0 N–H and O–H groups in total. The Morgan fingerprint density at radius 3 is 2.29 bits per heavy atom. The van der Waals surface area contributed by atoms with E-state index in [-0.39, 0.29) is 17.9 Å². The van der Waals surface area contributed by atoms with Crippen molar-refractivity contribution >= 4 is 15.9 Å². The fourth-order valence-electron chi connectivity index (χ4n) is 1.57. The Balaban J connectivity index is 2.13. The third-order valence-corrected chi connectivity index (χ3v) is 2.97. The first-order valence-electron chi connectivity index (χ1n) is 5.76. The van der Waals surface area contributed by atoms with Gasteiger partial charge in [-0.1, -0.05) is 34.1 Å². The van der Waals surface area contributed by atoms with Gasteiger partial charge in [0.15, 0.2) is 11.5 Å². The van der Waals surface area contributed by atoms with Crippen LogP contribution in [-0.2, 0) is 6.61 Å². The number of halogens is 5. The quantitative estimate of drug-likeness (QED) is 0.705. The van der Waals surface area contributed by atoms with Crippen molar-refractivity contribution in [3.8, 4) is 11.5 Å². The number of para-hydroxylation sites is 2. The van der Waals surface area contributed by atoms with E-state index in [4.69, 9.17) is 4.74 Å². The highest BCUT2D eigenvalue weighted by Crippen LogP contribution is 2.32. The summed E-state index contributed by atoms with van der Waals surface area (Å²) in [5.41, 5.74) is 0.222. The van der Waals surface area contributed by atoms with Gasteiger partial charge in [0.25, 0.3) is 0 Å². The van der Waals surface area contributed by atoms with Gasteiger partial charge in [0.05, 0.1) is 0 Å². The number of ether oxygens (including phenoxy) is 2. The van der Waals surface area contributed by atoms with Crippen LogP contribution in [0.2, 0.25) is 0 Å². The maximum absolute atomic E-state index is 13.6. The molecule has 0 amide bonds. The highest BCUT2D eigenvalue weighted by Gasteiger charge is 2.32. The van der Waals surface area contributed by atoms with Crippen LogP contribution >= 0.6 is 15.9 Å². The summed E-state index contributed by atoms with van der Waals surface area (Å²) in [7, 11) is 0. The molecule has 21 heavy (non-hydrogen) atoms. The summed E-state index contributed by atoms with van der Waals surface area (Å²) in [6, 6.07) is 9.66. The summed E-state index contributed by atoms with van der Waals surface area (Å²) in [6.07, 6.45) is -4.82. The predicted octanol–water partition coefficient (Wildman–Crippen LogP) is 5.07. The van der Waals surface area contributed by atoms with Crippen LogP contribution < -0.4 is 9.47 Å². The number of hydrogen-bond donors (Lipinski definition) is 0. The van der Waals surface area contributed by atoms with Gasteiger partial charge in [0, 0.05) is 10.0 Å². The topological polar surface area (TPSA) is 18.5 Å². The molecule has 0 fully saturated rings. The van der Waals surface area contributed by atoms with Gasteiger partial charge >= 0.3 is 6.36 Å². The first-order valence-corrected chi connectivity index (χ1v) is 6.56. The second kappa shape index (κ2) is 6.34. The molecule has 0 aliphatic heterocycles. The van der Waals surface area contributed by atoms with Crippen LogP contribution in [0, 0.1) is 5.82 Å². The normalized spacial score (nSPS) is 11.3. The lowest BCUT2D eigenvalue weighted by Gasteiger charge is -2.14. The molecule has 112 valence electrons. The van der Waals surface area contributed by atoms with Gasteiger partial charge in [-0.3, -0.25) is 0 Å². The summed E-state index contributed by atoms with van der Waals surface area (Å²) < 4.78 is 60.0. The van der Waals surface area contributed by atoms with Crippen molar-refractivity contribution < 1.29 is 27.0 Å². The van der Waals surface area contributed by atoms with E-state index < -0.39 is 17.9 Å². The number of hydrogen-bond acceptors (Lipinski definition) is 2. The van der Waals surface area contributed by atoms with E-state index in [0.29, 0.717) is 4.47 Å². The number of rotatable bonds is 4. The molecule has 0 saturated heterocycles. The van der Waals surface area contributed by atoms with Crippen molar-refractivity contribution in [2.24, 2.45) is 0 Å². The molecule has 0 spiro atoms. The first kappa shape index (κ1) is 15.6. The van der Waals surface area contributed by atoms with Crippen molar-refractivity contribution in [3.63, 3.8) is 0 Å². The highest BCUT2D eigenvalue weighted by atomic mass is 79.9. The lowest BCUT2D eigenvalue weighted by molar-refractivity contribution is -0.275. The van der Waals surface area contributed by atoms with E-state index in [1.807, 2.05) is 0 Å². The van der Waals surface area contributed by atoms with Crippen molar-refractivity contribution in [1.29, 1.82) is 0 Å². The van der Waals surface area contributed by atoms with Crippen LogP contribution in [0.15, 0.2) is 46.9 Å². The van der Waals surface area contributed by atoms with E-state index in [1.165, 1.54) is 30.3 Å². The SMILES string of the molecule is Fc1cc(Br)ccc1COc1ccccc1OC(F)(F)F. The summed E-state index contributed by atoms with van der Waals surface area (Å²) in [5, 5.41) is 0. The Morgan fingerprint density at radius 1 is 1.00 bits per heavy atom. The van der Waals surface area contributed by atoms with Gasteiger partial charge in [-0.15, -0.1) is 13.2 Å². The van der Waals surface area contributed by atoms with Crippen LogP contribution in [0.4, 0.5) is 17.6 Å². The molecule has 0 saturated carbocycles. The van der Waals surface area contributed by atoms with Crippen LogP contribution in [0.3, 0.4) is 0 Å². The van der Waals surface area contributed by atoms with Gasteiger partial charge in [-0.05, 0) is 24.3 Å². The molecule has 2 aromatic rings. The Hall–Kier alpha value is -1.76. The number of alkyl halides is 3. The van der Waals surface area contributed by atoms with Crippen molar-refractivity contribution in [2.75, 3.05) is 0 Å². The molecule has 2 rings (SSSR count). The standard InChI is InChI=1S/C14H9BrF4O2/c15-10-6-5-9(11(16)7-10)8-20-12-3-1-2-4-13(12)21-14(17,18)19/h1-7H,8H2. The van der Waals surface area contributed by atoms with Crippen LogP contribution in [0.5, 0.6) is 11.5 Å². The van der Waals surface area contributed by atoms with Crippen LogP contribution in [0.25, 0.3) is 0 Å². The molecule has 2 aromatic carbocycles. The Kier molecular flexibility index (Phi) is 4.72. The molecule has 0 aliphatic carbocycles. The zero-order valence-electron chi connectivity index (χ0n) is 10.5. The van der Waals surface area contributed by atoms with Crippen LogP contribution in [-0.4, -0.2) is 6.36 Å². The third-order valence-electron chi connectivity index (χ3n) is 2.47. The molecule has 0 aromatic heterocycles. The highest BCUT2D eigenvalue weighted by molar-refractivity contribution is 9.10. The third kappa shape index (κ3) is 4.63. The molecule has 0 radical (unpaired) electrons. The van der Waals surface area contributed by atoms with Crippen molar-refractivity contribution in [2.45, 2.75) is 13.0 Å². The summed E-state index contributed by atoms with van der Waals surface area (Å²) in [6.45, 7) is -0.211. The van der Waals surface area contributed by atoms with Crippen molar-refractivity contribution in [3.05, 3.63) is 58.3 Å². The zero-order chi connectivity index (χ0) is 15.5. The minimum Gasteiger partial charge on any atom is -0.485 e. The molecule has 0 aliphatic rings.